The average Bonchev–Trinajstić information content (AvgIpc) is 2.20. The number of hydrogen-bond donors (Lipinski definition) is 3. The molecule has 0 aliphatic carbocycles. The molecule has 0 aromatic heterocycles. The molecular formula is C12H19N3O. The number of rotatable bonds is 4. The van der Waals surface area contributed by atoms with Gasteiger partial charge in [0.25, 0.3) is 0 Å². The summed E-state index contributed by atoms with van der Waals surface area (Å²) in [6.07, 6.45) is 0. The number of para-hydroxylation sites is 1. The highest BCUT2D eigenvalue weighted by Gasteiger charge is 2.24. The standard InChI is InChI=1S/C12H19N3O/c1-8-5-4-6-9(10(8)13)15-7-12(2,3)11(14)16/h4-6,15H,7,13H2,1-3H3,(H2,14,16). The molecule has 0 bridgehead atoms. The SMILES string of the molecule is Cc1cccc(NCC(C)(C)C(N)=O)c1N. The molecule has 0 aliphatic heterocycles. The van der Waals surface area contributed by atoms with Crippen LogP contribution < -0.4 is 16.8 Å². The highest BCUT2D eigenvalue weighted by atomic mass is 16.1. The molecule has 0 unspecified atom stereocenters. The zero-order valence-corrected chi connectivity index (χ0v) is 10.0. The van der Waals surface area contributed by atoms with E-state index in [1.807, 2.05) is 25.1 Å². The Morgan fingerprint density at radius 1 is 1.44 bits per heavy atom. The minimum atomic E-state index is -0.587. The van der Waals surface area contributed by atoms with Crippen LogP contribution in [0.5, 0.6) is 0 Å². The Hall–Kier alpha value is -1.71. The maximum Gasteiger partial charge on any atom is 0.224 e. The van der Waals surface area contributed by atoms with Gasteiger partial charge in [-0.05, 0) is 32.4 Å². The third-order valence-electron chi connectivity index (χ3n) is 2.71. The van der Waals surface area contributed by atoms with E-state index in [2.05, 4.69) is 5.32 Å². The van der Waals surface area contributed by atoms with Crippen molar-refractivity contribution in [3.05, 3.63) is 23.8 Å². The number of nitrogen functional groups attached to an aromatic ring is 1. The number of primary amides is 1. The van der Waals surface area contributed by atoms with Crippen LogP contribution in [0.3, 0.4) is 0 Å². The van der Waals surface area contributed by atoms with E-state index in [4.69, 9.17) is 11.5 Å². The van der Waals surface area contributed by atoms with E-state index in [1.165, 1.54) is 0 Å². The smallest absolute Gasteiger partial charge is 0.224 e. The van der Waals surface area contributed by atoms with E-state index in [-0.39, 0.29) is 5.91 Å². The second kappa shape index (κ2) is 4.43. The van der Waals surface area contributed by atoms with Crippen LogP contribution in [0, 0.1) is 12.3 Å². The van der Waals surface area contributed by atoms with Crippen molar-refractivity contribution >= 4 is 17.3 Å². The molecule has 0 heterocycles. The lowest BCUT2D eigenvalue weighted by atomic mass is 9.92. The van der Waals surface area contributed by atoms with Crippen LogP contribution in [0.4, 0.5) is 11.4 Å². The molecule has 0 spiro atoms. The van der Waals surface area contributed by atoms with E-state index < -0.39 is 5.41 Å². The predicted molar refractivity (Wildman–Crippen MR) is 67.1 cm³/mol. The minimum absolute atomic E-state index is 0.328. The number of hydrogen-bond acceptors (Lipinski definition) is 3. The van der Waals surface area contributed by atoms with Gasteiger partial charge in [0.05, 0.1) is 16.8 Å². The molecule has 4 heteroatoms. The maximum absolute atomic E-state index is 11.1. The van der Waals surface area contributed by atoms with E-state index in [0.717, 1.165) is 11.3 Å². The summed E-state index contributed by atoms with van der Waals surface area (Å²) in [4.78, 5) is 11.1. The first-order valence-corrected chi connectivity index (χ1v) is 5.23. The molecule has 0 saturated heterocycles. The van der Waals surface area contributed by atoms with Gasteiger partial charge in [-0.15, -0.1) is 0 Å². The number of benzene rings is 1. The highest BCUT2D eigenvalue weighted by molar-refractivity contribution is 5.81. The van der Waals surface area contributed by atoms with E-state index in [1.54, 1.807) is 13.8 Å². The maximum atomic E-state index is 11.1. The topological polar surface area (TPSA) is 81.1 Å². The van der Waals surface area contributed by atoms with Gasteiger partial charge in [-0.1, -0.05) is 12.1 Å². The Morgan fingerprint density at radius 2 is 2.06 bits per heavy atom. The van der Waals surface area contributed by atoms with Gasteiger partial charge in [0.15, 0.2) is 0 Å². The van der Waals surface area contributed by atoms with Gasteiger partial charge in [-0.3, -0.25) is 4.79 Å². The number of nitrogens with two attached hydrogens (primary N) is 2. The summed E-state index contributed by atoms with van der Waals surface area (Å²) >= 11 is 0. The van der Waals surface area contributed by atoms with Gasteiger partial charge in [0.1, 0.15) is 0 Å². The highest BCUT2D eigenvalue weighted by Crippen LogP contribution is 2.23. The average molecular weight is 221 g/mol. The fraction of sp³-hybridized carbons (Fsp3) is 0.417. The summed E-state index contributed by atoms with van der Waals surface area (Å²) in [6, 6.07) is 5.75. The summed E-state index contributed by atoms with van der Waals surface area (Å²) < 4.78 is 0. The molecule has 0 saturated carbocycles. The lowest BCUT2D eigenvalue weighted by Gasteiger charge is -2.22. The molecule has 4 nitrogen and oxygen atoms in total. The van der Waals surface area contributed by atoms with Crippen molar-refractivity contribution in [2.45, 2.75) is 20.8 Å². The summed E-state index contributed by atoms with van der Waals surface area (Å²) in [6.45, 7) is 6.01. The Kier molecular flexibility index (Phi) is 3.42. The van der Waals surface area contributed by atoms with Crippen LogP contribution in [0.1, 0.15) is 19.4 Å². The van der Waals surface area contributed by atoms with Gasteiger partial charge < -0.3 is 16.8 Å². The minimum Gasteiger partial charge on any atom is -0.397 e. The summed E-state index contributed by atoms with van der Waals surface area (Å²) in [7, 11) is 0. The number of nitrogens with one attached hydrogen (secondary N) is 1. The molecule has 16 heavy (non-hydrogen) atoms. The fourth-order valence-corrected chi connectivity index (χ4v) is 1.24. The van der Waals surface area contributed by atoms with E-state index >= 15 is 0 Å². The monoisotopic (exact) mass is 221 g/mol. The largest absolute Gasteiger partial charge is 0.397 e. The van der Waals surface area contributed by atoms with Gasteiger partial charge in [0, 0.05) is 6.54 Å². The number of carbonyl (C=O) groups excluding carboxylic acids is 1. The Labute approximate surface area is 96.0 Å². The number of amides is 1. The normalized spacial score (nSPS) is 11.2. The van der Waals surface area contributed by atoms with Crippen LogP contribution >= 0.6 is 0 Å². The van der Waals surface area contributed by atoms with Gasteiger partial charge in [-0.25, -0.2) is 0 Å². The van der Waals surface area contributed by atoms with Gasteiger partial charge >= 0.3 is 0 Å². The summed E-state index contributed by atoms with van der Waals surface area (Å²) in [5, 5.41) is 3.15. The molecular weight excluding hydrogens is 202 g/mol. The lowest BCUT2D eigenvalue weighted by molar-refractivity contribution is -0.125. The van der Waals surface area contributed by atoms with Crippen molar-refractivity contribution in [2.24, 2.45) is 11.1 Å². The van der Waals surface area contributed by atoms with Crippen molar-refractivity contribution in [2.75, 3.05) is 17.6 Å². The third-order valence-corrected chi connectivity index (χ3v) is 2.71. The second-order valence-corrected chi connectivity index (χ2v) is 4.64. The van der Waals surface area contributed by atoms with E-state index in [9.17, 15) is 4.79 Å². The molecule has 1 rings (SSSR count). The summed E-state index contributed by atoms with van der Waals surface area (Å²) in [5.41, 5.74) is 13.2. The first-order valence-electron chi connectivity index (χ1n) is 5.23. The quantitative estimate of drug-likeness (QED) is 0.674. The first kappa shape index (κ1) is 12.4. The number of aryl methyl sites for hydroxylation is 1. The molecule has 0 atom stereocenters. The lowest BCUT2D eigenvalue weighted by Crippen LogP contribution is -2.37. The Bertz CT molecular complexity index is 399. The number of carbonyl (C=O) groups is 1. The third kappa shape index (κ3) is 2.66. The van der Waals surface area contributed by atoms with Crippen LogP contribution in [0.25, 0.3) is 0 Å². The molecule has 88 valence electrons. The van der Waals surface area contributed by atoms with Crippen LogP contribution in [0.2, 0.25) is 0 Å². The molecule has 5 N–H and O–H groups in total. The summed E-state index contributed by atoms with van der Waals surface area (Å²) in [5.74, 6) is -0.328. The van der Waals surface area contributed by atoms with Crippen LogP contribution in [-0.2, 0) is 4.79 Å². The number of anilines is 2. The fourth-order valence-electron chi connectivity index (χ4n) is 1.24. The molecule has 1 aromatic rings. The van der Waals surface area contributed by atoms with Crippen LogP contribution in [-0.4, -0.2) is 12.5 Å². The van der Waals surface area contributed by atoms with Gasteiger partial charge in [-0.2, -0.15) is 0 Å². The van der Waals surface area contributed by atoms with Crippen molar-refractivity contribution in [3.8, 4) is 0 Å². The van der Waals surface area contributed by atoms with Crippen molar-refractivity contribution < 1.29 is 4.79 Å². The second-order valence-electron chi connectivity index (χ2n) is 4.64. The Morgan fingerprint density at radius 3 is 2.62 bits per heavy atom. The van der Waals surface area contributed by atoms with Crippen molar-refractivity contribution in [1.82, 2.24) is 0 Å². The predicted octanol–water partition coefficient (Wildman–Crippen LogP) is 1.50. The van der Waals surface area contributed by atoms with Crippen molar-refractivity contribution in [3.63, 3.8) is 0 Å². The van der Waals surface area contributed by atoms with Gasteiger partial charge in [0.2, 0.25) is 5.91 Å². The Balaban J connectivity index is 2.76. The zero-order chi connectivity index (χ0) is 12.3. The van der Waals surface area contributed by atoms with Crippen LogP contribution in [0.15, 0.2) is 18.2 Å². The first-order chi connectivity index (χ1) is 7.34. The van der Waals surface area contributed by atoms with Crippen molar-refractivity contribution in [1.29, 1.82) is 0 Å². The molecule has 0 fully saturated rings. The molecule has 0 radical (unpaired) electrons. The molecule has 1 aromatic carbocycles. The zero-order valence-electron chi connectivity index (χ0n) is 10.0. The molecule has 0 aliphatic rings. The molecule has 1 amide bonds. The van der Waals surface area contributed by atoms with E-state index in [0.29, 0.717) is 12.2 Å².